The molecule has 4 N–H and O–H groups in total. The second-order valence-electron chi connectivity index (χ2n) is 4.14. The molecule has 0 aliphatic carbocycles. The van der Waals surface area contributed by atoms with E-state index in [1.54, 1.807) is 11.8 Å². The summed E-state index contributed by atoms with van der Waals surface area (Å²) in [5.41, 5.74) is 5.49. The van der Waals surface area contributed by atoms with Crippen molar-refractivity contribution in [3.8, 4) is 0 Å². The summed E-state index contributed by atoms with van der Waals surface area (Å²) in [7, 11) is 0. The molecule has 1 aliphatic rings. The minimum Gasteiger partial charge on any atom is -0.449 e. The van der Waals surface area contributed by atoms with Crippen molar-refractivity contribution in [3.63, 3.8) is 0 Å². The van der Waals surface area contributed by atoms with E-state index in [1.807, 2.05) is 0 Å². The highest BCUT2D eigenvalue weighted by molar-refractivity contribution is 7.99. The van der Waals surface area contributed by atoms with Gasteiger partial charge in [-0.2, -0.15) is 11.8 Å². The SMILES string of the molecule is NC(CCCCNC(=O)C1CSCCN1)OC=O. The van der Waals surface area contributed by atoms with Crippen LogP contribution in [0.15, 0.2) is 0 Å². The van der Waals surface area contributed by atoms with Gasteiger partial charge in [0.2, 0.25) is 5.91 Å². The third-order valence-electron chi connectivity index (χ3n) is 2.68. The number of nitrogens with one attached hydrogen (secondary N) is 2. The maximum Gasteiger partial charge on any atom is 0.294 e. The predicted molar refractivity (Wildman–Crippen MR) is 71.1 cm³/mol. The van der Waals surface area contributed by atoms with E-state index in [0.717, 1.165) is 30.9 Å². The third-order valence-corrected chi connectivity index (χ3v) is 3.74. The van der Waals surface area contributed by atoms with Crippen molar-refractivity contribution >= 4 is 24.1 Å². The zero-order valence-corrected chi connectivity index (χ0v) is 11.2. The molecule has 6 nitrogen and oxygen atoms in total. The molecule has 1 aliphatic heterocycles. The van der Waals surface area contributed by atoms with Crippen LogP contribution in [0.1, 0.15) is 19.3 Å². The summed E-state index contributed by atoms with van der Waals surface area (Å²) >= 11 is 1.79. The van der Waals surface area contributed by atoms with Gasteiger partial charge in [0.05, 0.1) is 6.04 Å². The molecular weight excluding hydrogens is 254 g/mol. The molecule has 0 aromatic rings. The normalized spacial score (nSPS) is 21.1. The van der Waals surface area contributed by atoms with Crippen LogP contribution >= 0.6 is 11.8 Å². The number of nitrogens with two attached hydrogens (primary N) is 1. The van der Waals surface area contributed by atoms with Crippen LogP contribution in [0.5, 0.6) is 0 Å². The highest BCUT2D eigenvalue weighted by atomic mass is 32.2. The highest BCUT2D eigenvalue weighted by Crippen LogP contribution is 2.07. The minimum absolute atomic E-state index is 0.0654. The van der Waals surface area contributed by atoms with Gasteiger partial charge < -0.3 is 15.4 Å². The maximum absolute atomic E-state index is 11.7. The average molecular weight is 275 g/mol. The van der Waals surface area contributed by atoms with Gasteiger partial charge >= 0.3 is 0 Å². The van der Waals surface area contributed by atoms with E-state index in [0.29, 0.717) is 19.4 Å². The number of unbranched alkanes of at least 4 members (excludes halogenated alkanes) is 1. The Morgan fingerprint density at radius 3 is 3.11 bits per heavy atom. The lowest BCUT2D eigenvalue weighted by molar-refractivity contribution is -0.133. The number of carbonyl (C=O) groups is 2. The van der Waals surface area contributed by atoms with Gasteiger partial charge in [0.25, 0.3) is 6.47 Å². The molecule has 0 bridgehead atoms. The molecule has 1 rings (SSSR count). The standard InChI is InChI=1S/C11H21N3O3S/c12-10(17-8-15)3-1-2-4-14-11(16)9-7-18-6-5-13-9/h8-10,13H,1-7,12H2,(H,14,16). The van der Waals surface area contributed by atoms with Crippen molar-refractivity contribution in [2.45, 2.75) is 31.5 Å². The zero-order chi connectivity index (χ0) is 13.2. The van der Waals surface area contributed by atoms with Crippen molar-refractivity contribution in [3.05, 3.63) is 0 Å². The lowest BCUT2D eigenvalue weighted by Crippen LogP contribution is -2.49. The molecule has 1 saturated heterocycles. The van der Waals surface area contributed by atoms with Crippen LogP contribution in [0, 0.1) is 0 Å². The Labute approximate surface area is 111 Å². The average Bonchev–Trinajstić information content (AvgIpc) is 2.39. The number of rotatable bonds is 8. The fraction of sp³-hybridized carbons (Fsp3) is 0.818. The van der Waals surface area contributed by atoms with Crippen molar-refractivity contribution in [2.24, 2.45) is 5.73 Å². The van der Waals surface area contributed by atoms with Crippen LogP contribution in [0.2, 0.25) is 0 Å². The zero-order valence-electron chi connectivity index (χ0n) is 10.4. The summed E-state index contributed by atoms with van der Waals surface area (Å²) in [6.45, 7) is 1.88. The van der Waals surface area contributed by atoms with Crippen LogP contribution in [-0.2, 0) is 14.3 Å². The van der Waals surface area contributed by atoms with E-state index < -0.39 is 6.23 Å². The Kier molecular flexibility index (Phi) is 7.79. The van der Waals surface area contributed by atoms with E-state index in [2.05, 4.69) is 15.4 Å². The van der Waals surface area contributed by atoms with E-state index in [9.17, 15) is 9.59 Å². The van der Waals surface area contributed by atoms with Crippen LogP contribution in [0.3, 0.4) is 0 Å². The first-order valence-corrected chi connectivity index (χ1v) is 7.33. The monoisotopic (exact) mass is 275 g/mol. The molecule has 0 spiro atoms. The molecule has 7 heteroatoms. The van der Waals surface area contributed by atoms with Gasteiger partial charge in [0.1, 0.15) is 0 Å². The van der Waals surface area contributed by atoms with Gasteiger partial charge in [-0.1, -0.05) is 0 Å². The second kappa shape index (κ2) is 9.18. The Morgan fingerprint density at radius 2 is 2.44 bits per heavy atom. The predicted octanol–water partition coefficient (Wildman–Crippen LogP) is -0.564. The van der Waals surface area contributed by atoms with Crippen molar-refractivity contribution < 1.29 is 14.3 Å². The number of carbonyl (C=O) groups excluding carboxylic acids is 2. The van der Waals surface area contributed by atoms with Gasteiger partial charge in [-0.25, -0.2) is 0 Å². The van der Waals surface area contributed by atoms with Crippen LogP contribution in [-0.4, -0.2) is 49.2 Å². The van der Waals surface area contributed by atoms with Crippen molar-refractivity contribution in [1.29, 1.82) is 0 Å². The second-order valence-corrected chi connectivity index (χ2v) is 5.29. The Bertz CT molecular complexity index is 260. The first-order chi connectivity index (χ1) is 8.74. The van der Waals surface area contributed by atoms with Gasteiger partial charge in [-0.3, -0.25) is 15.3 Å². The fourth-order valence-corrected chi connectivity index (χ4v) is 2.61. The number of hydrogen-bond acceptors (Lipinski definition) is 6. The largest absolute Gasteiger partial charge is 0.449 e. The van der Waals surface area contributed by atoms with Gasteiger partial charge in [0, 0.05) is 24.6 Å². The van der Waals surface area contributed by atoms with E-state index in [4.69, 9.17) is 5.73 Å². The summed E-state index contributed by atoms with van der Waals surface area (Å²) < 4.78 is 4.56. The number of thioether (sulfide) groups is 1. The summed E-state index contributed by atoms with van der Waals surface area (Å²) in [4.78, 5) is 21.7. The topological polar surface area (TPSA) is 93.4 Å². The number of hydrogen-bond donors (Lipinski definition) is 3. The van der Waals surface area contributed by atoms with Crippen LogP contribution < -0.4 is 16.4 Å². The quantitative estimate of drug-likeness (QED) is 0.312. The molecule has 1 fully saturated rings. The van der Waals surface area contributed by atoms with Crippen LogP contribution in [0.25, 0.3) is 0 Å². The highest BCUT2D eigenvalue weighted by Gasteiger charge is 2.19. The molecular formula is C11H21N3O3S. The molecule has 18 heavy (non-hydrogen) atoms. The maximum atomic E-state index is 11.7. The first kappa shape index (κ1) is 15.3. The van der Waals surface area contributed by atoms with E-state index >= 15 is 0 Å². The Morgan fingerprint density at radius 1 is 1.61 bits per heavy atom. The smallest absolute Gasteiger partial charge is 0.294 e. The van der Waals surface area contributed by atoms with Gasteiger partial charge in [-0.05, 0) is 19.3 Å². The van der Waals surface area contributed by atoms with Crippen molar-refractivity contribution in [2.75, 3.05) is 24.6 Å². The number of ether oxygens (including phenoxy) is 1. The summed E-state index contributed by atoms with van der Waals surface area (Å²) in [5, 5.41) is 6.08. The fourth-order valence-electron chi connectivity index (χ4n) is 1.68. The molecule has 1 heterocycles. The molecule has 0 saturated carbocycles. The van der Waals surface area contributed by atoms with Gasteiger partial charge in [-0.15, -0.1) is 0 Å². The summed E-state index contributed by atoms with van der Waals surface area (Å²) in [6.07, 6.45) is 1.74. The van der Waals surface area contributed by atoms with E-state index in [1.165, 1.54) is 0 Å². The Hall–Kier alpha value is -0.790. The Balaban J connectivity index is 1.99. The summed E-state index contributed by atoms with van der Waals surface area (Å²) in [5.74, 6) is 1.97. The molecule has 0 aromatic heterocycles. The molecule has 104 valence electrons. The molecule has 2 unspecified atom stereocenters. The molecule has 0 radical (unpaired) electrons. The lowest BCUT2D eigenvalue weighted by atomic mass is 10.2. The summed E-state index contributed by atoms with van der Waals surface area (Å²) in [6, 6.07) is -0.0654. The number of amides is 1. The van der Waals surface area contributed by atoms with Crippen molar-refractivity contribution in [1.82, 2.24) is 10.6 Å². The van der Waals surface area contributed by atoms with Crippen LogP contribution in [0.4, 0.5) is 0 Å². The molecule has 2 atom stereocenters. The minimum atomic E-state index is -0.533. The third kappa shape index (κ3) is 6.23. The first-order valence-electron chi connectivity index (χ1n) is 6.17. The molecule has 0 aromatic carbocycles. The lowest BCUT2D eigenvalue weighted by Gasteiger charge is -2.22. The van der Waals surface area contributed by atoms with E-state index in [-0.39, 0.29) is 11.9 Å². The van der Waals surface area contributed by atoms with Gasteiger partial charge in [0.15, 0.2) is 6.23 Å². The molecule has 1 amide bonds.